The van der Waals surface area contributed by atoms with Crippen molar-refractivity contribution in [1.29, 1.82) is 0 Å². The molecule has 0 radical (unpaired) electrons. The van der Waals surface area contributed by atoms with Crippen molar-refractivity contribution in [2.24, 2.45) is 0 Å². The molecular weight excluding hydrogens is 468 g/mol. The number of nitrogens with one attached hydrogen (secondary N) is 1. The van der Waals surface area contributed by atoms with Gasteiger partial charge >= 0.3 is 6.03 Å². The zero-order valence-electron chi connectivity index (χ0n) is 21.1. The van der Waals surface area contributed by atoms with Crippen LogP contribution in [-0.4, -0.2) is 33.3 Å². The first-order chi connectivity index (χ1) is 17.8. The lowest BCUT2D eigenvalue weighted by atomic mass is 9.94. The number of aromatic hydroxyl groups is 1. The molecule has 3 aromatic carbocycles. The number of amides is 2. The topological polar surface area (TPSA) is 101 Å². The Morgan fingerprint density at radius 3 is 2.49 bits per heavy atom. The third kappa shape index (κ3) is 4.78. The Balaban J connectivity index is 1.61. The van der Waals surface area contributed by atoms with Gasteiger partial charge in [-0.15, -0.1) is 0 Å². The van der Waals surface area contributed by atoms with Gasteiger partial charge in [-0.25, -0.2) is 4.79 Å². The predicted octanol–water partition coefficient (Wildman–Crippen LogP) is 5.77. The normalized spacial score (nSPS) is 15.6. The zero-order chi connectivity index (χ0) is 26.1. The number of ether oxygens (including phenoxy) is 1. The van der Waals surface area contributed by atoms with Crippen molar-refractivity contribution >= 4 is 11.6 Å². The molecular formula is C29H28N4O4. The first kappa shape index (κ1) is 24.1. The van der Waals surface area contributed by atoms with E-state index in [4.69, 9.17) is 14.2 Å². The summed E-state index contributed by atoms with van der Waals surface area (Å²) in [6.45, 7) is 6.27. The number of aryl methyl sites for hydroxylation is 2. The Morgan fingerprint density at radius 1 is 1.03 bits per heavy atom. The number of hydrogen-bond donors (Lipinski definition) is 2. The number of nitrogens with zero attached hydrogens (tertiary/aromatic N) is 3. The number of rotatable bonds is 6. The van der Waals surface area contributed by atoms with Crippen LogP contribution in [0.2, 0.25) is 0 Å². The van der Waals surface area contributed by atoms with Crippen LogP contribution in [0.3, 0.4) is 0 Å². The van der Waals surface area contributed by atoms with Gasteiger partial charge in [0, 0.05) is 11.3 Å². The molecule has 0 bridgehead atoms. The molecule has 1 atom stereocenters. The maximum atomic E-state index is 13.4. The Bertz CT molecular complexity index is 1510. The first-order valence-corrected chi connectivity index (χ1v) is 12.0. The number of carbonyl (C=O) groups is 1. The standard InChI is InChI=1S/C29H28N4O4/c1-17-7-5-9-20(13-17)16-33-19(3)25(28-31-27(32-37-28)22-10-6-8-18(2)14-22)26(30-29(33)35)21-11-12-24(36-4)23(34)15-21/h5-15,26,34H,16H2,1-4H3,(H,30,35). The molecule has 5 rings (SSSR count). The van der Waals surface area contributed by atoms with Crippen LogP contribution < -0.4 is 10.1 Å². The van der Waals surface area contributed by atoms with Crippen LogP contribution >= 0.6 is 0 Å². The average Bonchev–Trinajstić information content (AvgIpc) is 3.36. The van der Waals surface area contributed by atoms with Crippen molar-refractivity contribution in [3.8, 4) is 22.9 Å². The van der Waals surface area contributed by atoms with Gasteiger partial charge in [0.05, 0.1) is 25.3 Å². The maximum Gasteiger partial charge on any atom is 0.322 e. The van der Waals surface area contributed by atoms with Gasteiger partial charge in [0.1, 0.15) is 0 Å². The number of aromatic nitrogens is 2. The summed E-state index contributed by atoms with van der Waals surface area (Å²) in [6, 6.07) is 20.0. The number of phenols is 1. The Kier molecular flexibility index (Phi) is 6.40. The highest BCUT2D eigenvalue weighted by molar-refractivity contribution is 5.87. The molecule has 0 saturated heterocycles. The van der Waals surface area contributed by atoms with E-state index in [9.17, 15) is 9.90 Å². The number of carbonyl (C=O) groups excluding carboxylic acids is 1. The van der Waals surface area contributed by atoms with Crippen LogP contribution in [-0.2, 0) is 6.54 Å². The van der Waals surface area contributed by atoms with E-state index in [1.807, 2.05) is 63.2 Å². The summed E-state index contributed by atoms with van der Waals surface area (Å²) in [5.41, 5.74) is 6.03. The number of phenolic OH excluding ortho intramolecular Hbond substituents is 1. The maximum absolute atomic E-state index is 13.4. The third-order valence-electron chi connectivity index (χ3n) is 6.49. The number of urea groups is 1. The van der Waals surface area contributed by atoms with Gasteiger partial charge < -0.3 is 19.7 Å². The minimum absolute atomic E-state index is 0.0283. The molecule has 0 saturated carbocycles. The molecule has 8 heteroatoms. The second kappa shape index (κ2) is 9.81. The molecule has 1 aromatic heterocycles. The second-order valence-corrected chi connectivity index (χ2v) is 9.18. The number of allylic oxidation sites excluding steroid dienone is 1. The molecule has 2 amide bonds. The Hall–Kier alpha value is -4.59. The molecule has 1 aliphatic heterocycles. The molecule has 2 N–H and O–H groups in total. The molecule has 37 heavy (non-hydrogen) atoms. The van der Waals surface area contributed by atoms with E-state index in [2.05, 4.69) is 16.5 Å². The predicted molar refractivity (Wildman–Crippen MR) is 140 cm³/mol. The first-order valence-electron chi connectivity index (χ1n) is 12.0. The van der Waals surface area contributed by atoms with Crippen LogP contribution in [0.1, 0.15) is 41.1 Å². The minimum Gasteiger partial charge on any atom is -0.504 e. The summed E-state index contributed by atoms with van der Waals surface area (Å²) in [6.07, 6.45) is 0. The fourth-order valence-electron chi connectivity index (χ4n) is 4.61. The Labute approximate surface area is 215 Å². The van der Waals surface area contributed by atoms with Crippen molar-refractivity contribution in [2.75, 3.05) is 7.11 Å². The molecule has 4 aromatic rings. The van der Waals surface area contributed by atoms with E-state index in [1.54, 1.807) is 23.1 Å². The number of methoxy groups -OCH3 is 1. The fourth-order valence-corrected chi connectivity index (χ4v) is 4.61. The van der Waals surface area contributed by atoms with E-state index in [1.165, 1.54) is 7.11 Å². The summed E-state index contributed by atoms with van der Waals surface area (Å²) in [7, 11) is 1.49. The molecule has 1 aliphatic rings. The quantitative estimate of drug-likeness (QED) is 0.352. The average molecular weight is 497 g/mol. The highest BCUT2D eigenvalue weighted by Gasteiger charge is 2.36. The van der Waals surface area contributed by atoms with E-state index in [-0.39, 0.29) is 11.8 Å². The largest absolute Gasteiger partial charge is 0.504 e. The SMILES string of the molecule is COc1ccc(C2NC(=O)N(Cc3cccc(C)c3)C(C)=C2c2nc(-c3cccc(C)c3)no2)cc1O. The summed E-state index contributed by atoms with van der Waals surface area (Å²) < 4.78 is 11.0. The molecule has 0 fully saturated rings. The number of benzene rings is 3. The monoisotopic (exact) mass is 496 g/mol. The molecule has 1 unspecified atom stereocenters. The van der Waals surface area contributed by atoms with E-state index in [0.29, 0.717) is 40.8 Å². The molecule has 188 valence electrons. The van der Waals surface area contributed by atoms with E-state index >= 15 is 0 Å². The smallest absolute Gasteiger partial charge is 0.322 e. The van der Waals surface area contributed by atoms with Gasteiger partial charge in [-0.05, 0) is 50.1 Å². The highest BCUT2D eigenvalue weighted by Crippen LogP contribution is 2.40. The summed E-state index contributed by atoms with van der Waals surface area (Å²) in [4.78, 5) is 19.7. The van der Waals surface area contributed by atoms with Gasteiger partial charge in [0.15, 0.2) is 11.5 Å². The van der Waals surface area contributed by atoms with Crippen molar-refractivity contribution in [1.82, 2.24) is 20.4 Å². The lowest BCUT2D eigenvalue weighted by Gasteiger charge is -2.35. The lowest BCUT2D eigenvalue weighted by Crippen LogP contribution is -2.45. The van der Waals surface area contributed by atoms with Gasteiger partial charge in [-0.3, -0.25) is 4.90 Å². The third-order valence-corrected chi connectivity index (χ3v) is 6.49. The van der Waals surface area contributed by atoms with Crippen molar-refractivity contribution in [3.63, 3.8) is 0 Å². The molecule has 0 aliphatic carbocycles. The number of hydrogen-bond acceptors (Lipinski definition) is 6. The highest BCUT2D eigenvalue weighted by atomic mass is 16.5. The van der Waals surface area contributed by atoms with Crippen molar-refractivity contribution in [2.45, 2.75) is 33.4 Å². The Morgan fingerprint density at radius 2 is 1.78 bits per heavy atom. The minimum atomic E-state index is -0.621. The molecule has 0 spiro atoms. The fraction of sp³-hybridized carbons (Fsp3) is 0.207. The summed E-state index contributed by atoms with van der Waals surface area (Å²) in [5, 5.41) is 17.7. The van der Waals surface area contributed by atoms with E-state index in [0.717, 1.165) is 22.3 Å². The van der Waals surface area contributed by atoms with Crippen LogP contribution in [0.5, 0.6) is 11.5 Å². The summed E-state index contributed by atoms with van der Waals surface area (Å²) >= 11 is 0. The molecule has 8 nitrogen and oxygen atoms in total. The molecule has 2 heterocycles. The second-order valence-electron chi connectivity index (χ2n) is 9.18. The van der Waals surface area contributed by atoms with E-state index < -0.39 is 6.04 Å². The van der Waals surface area contributed by atoms with Gasteiger partial charge in [0.2, 0.25) is 5.82 Å². The summed E-state index contributed by atoms with van der Waals surface area (Å²) in [5.74, 6) is 1.06. The van der Waals surface area contributed by atoms with Crippen LogP contribution in [0.25, 0.3) is 17.0 Å². The van der Waals surface area contributed by atoms with Gasteiger partial charge in [-0.2, -0.15) is 4.98 Å². The van der Waals surface area contributed by atoms with Gasteiger partial charge in [0.25, 0.3) is 5.89 Å². The van der Waals surface area contributed by atoms with Crippen LogP contribution in [0, 0.1) is 13.8 Å². The van der Waals surface area contributed by atoms with Crippen LogP contribution in [0.4, 0.5) is 4.79 Å². The van der Waals surface area contributed by atoms with Gasteiger partial charge in [-0.1, -0.05) is 64.8 Å². The van der Waals surface area contributed by atoms with Crippen LogP contribution in [0.15, 0.2) is 77.0 Å². The van der Waals surface area contributed by atoms with Crippen molar-refractivity contribution < 1.29 is 19.2 Å². The zero-order valence-corrected chi connectivity index (χ0v) is 21.1. The van der Waals surface area contributed by atoms with Crippen molar-refractivity contribution in [3.05, 3.63) is 101 Å². The lowest BCUT2D eigenvalue weighted by molar-refractivity contribution is 0.203.